The van der Waals surface area contributed by atoms with Gasteiger partial charge in [0.05, 0.1) is 6.04 Å². The summed E-state index contributed by atoms with van der Waals surface area (Å²) >= 11 is 0. The predicted octanol–water partition coefficient (Wildman–Crippen LogP) is 5.10. The van der Waals surface area contributed by atoms with E-state index in [0.717, 1.165) is 38.5 Å². The average molecular weight is 711 g/mol. The molecule has 5 fully saturated rings. The summed E-state index contributed by atoms with van der Waals surface area (Å²) < 4.78 is 0. The molecule has 10 nitrogen and oxygen atoms in total. The third-order valence-electron chi connectivity index (χ3n) is 14.6. The van der Waals surface area contributed by atoms with Crippen molar-refractivity contribution in [3.8, 4) is 0 Å². The van der Waals surface area contributed by atoms with E-state index in [1.165, 1.54) is 0 Å². The van der Waals surface area contributed by atoms with Crippen LogP contribution in [0.25, 0.3) is 0 Å². The number of piperazine rings is 1. The number of hydrogen-bond donors (Lipinski definition) is 2. The summed E-state index contributed by atoms with van der Waals surface area (Å²) in [5.74, 6) is -3.88. The second kappa shape index (κ2) is 14.3. The zero-order valence-electron chi connectivity index (χ0n) is 32.9. The molecule has 0 aromatic rings. The van der Waals surface area contributed by atoms with Crippen LogP contribution in [0.4, 0.5) is 0 Å². The van der Waals surface area contributed by atoms with Gasteiger partial charge in [0.1, 0.15) is 5.78 Å². The molecule has 2 aliphatic heterocycles. The van der Waals surface area contributed by atoms with Crippen molar-refractivity contribution in [1.29, 1.82) is 0 Å². The lowest BCUT2D eigenvalue weighted by Gasteiger charge is -2.39. The molecule has 286 valence electrons. The molecule has 0 radical (unpaired) electrons. The Bertz CT molecular complexity index is 1400. The summed E-state index contributed by atoms with van der Waals surface area (Å²) in [5.41, 5.74) is 4.71. The maximum Gasteiger partial charge on any atom is 0.285 e. The third-order valence-corrected chi connectivity index (χ3v) is 14.6. The minimum absolute atomic E-state index is 0.00337. The van der Waals surface area contributed by atoms with Gasteiger partial charge in [0.2, 0.25) is 17.6 Å². The first-order chi connectivity index (χ1) is 23.7. The highest BCUT2D eigenvalue weighted by atomic mass is 16.2. The Balaban J connectivity index is 1.38. The molecule has 5 rings (SSSR count). The van der Waals surface area contributed by atoms with Gasteiger partial charge in [0.25, 0.3) is 5.91 Å². The van der Waals surface area contributed by atoms with Crippen LogP contribution in [0.15, 0.2) is 0 Å². The first kappa shape index (κ1) is 39.6. The molecule has 7 atom stereocenters. The van der Waals surface area contributed by atoms with E-state index in [1.54, 1.807) is 4.90 Å². The van der Waals surface area contributed by atoms with Crippen LogP contribution in [-0.2, 0) is 28.8 Å². The Hall–Kier alpha value is -2.62. The van der Waals surface area contributed by atoms with E-state index in [0.29, 0.717) is 38.4 Å². The predicted molar refractivity (Wildman–Crippen MR) is 196 cm³/mol. The molecule has 1 unspecified atom stereocenters. The number of rotatable bonds is 14. The molecule has 3 aliphatic carbocycles. The van der Waals surface area contributed by atoms with E-state index < -0.39 is 40.9 Å². The highest BCUT2D eigenvalue weighted by Crippen LogP contribution is 2.88. The number of carbonyl (C=O) groups excluding carboxylic acids is 6. The van der Waals surface area contributed by atoms with Crippen molar-refractivity contribution in [3.63, 3.8) is 0 Å². The molecule has 3 N–H and O–H groups in total. The Morgan fingerprint density at radius 1 is 0.863 bits per heavy atom. The zero-order chi connectivity index (χ0) is 37.8. The Morgan fingerprint density at radius 3 is 1.92 bits per heavy atom. The number of primary amides is 1. The molecule has 0 aromatic heterocycles. The van der Waals surface area contributed by atoms with Crippen LogP contribution in [0.5, 0.6) is 0 Å². The quantitative estimate of drug-likeness (QED) is 0.239. The third kappa shape index (κ3) is 7.20. The van der Waals surface area contributed by atoms with E-state index >= 15 is 0 Å². The van der Waals surface area contributed by atoms with Gasteiger partial charge in [-0.3, -0.25) is 28.8 Å². The lowest BCUT2D eigenvalue weighted by molar-refractivity contribution is -0.147. The summed E-state index contributed by atoms with van der Waals surface area (Å²) in [6.45, 7) is 20.2. The summed E-state index contributed by atoms with van der Waals surface area (Å²) in [6, 6.07) is -0.383. The molecule has 3 amide bonds. The van der Waals surface area contributed by atoms with Gasteiger partial charge in [0.15, 0.2) is 5.78 Å². The molecule has 2 saturated heterocycles. The van der Waals surface area contributed by atoms with E-state index in [9.17, 15) is 28.8 Å². The molecule has 0 aromatic carbocycles. The number of hydrogen-bond acceptors (Lipinski definition) is 7. The maximum atomic E-state index is 14.9. The van der Waals surface area contributed by atoms with E-state index in [-0.39, 0.29) is 76.9 Å². The Labute approximate surface area is 306 Å². The minimum atomic E-state index is -1.01. The standard InChI is InChI=1S/C41H66N4O6/c1-24(2)30(36(50)44-21-25(3)43-26(4)22-44)18-29(46)19-31(38(5,6)7)37(51)45-23-41(39(8,9)40(41)14-11-15-40)20-32(45)33(47)17-28(34(48)35(42)49)16-27-12-10-13-27/h24-28,30-32,43H,10-23H2,1-9H3,(H2,42,49)/t25-,26+,28?,30-,31+,32-,41+/m0/s1. The smallest absolute Gasteiger partial charge is 0.285 e. The summed E-state index contributed by atoms with van der Waals surface area (Å²) in [7, 11) is 0. The van der Waals surface area contributed by atoms with Crippen LogP contribution < -0.4 is 11.1 Å². The fourth-order valence-electron chi connectivity index (χ4n) is 11.0. The van der Waals surface area contributed by atoms with Crippen molar-refractivity contribution in [2.75, 3.05) is 19.6 Å². The monoisotopic (exact) mass is 710 g/mol. The molecule has 2 heterocycles. The number of nitrogens with zero attached hydrogens (tertiary/aromatic N) is 2. The number of Topliss-reactive ketones (excluding diaryl/α,β-unsaturated/α-hetero) is 3. The van der Waals surface area contributed by atoms with Crippen molar-refractivity contribution in [2.24, 2.45) is 57.0 Å². The lowest BCUT2D eigenvalue weighted by Crippen LogP contribution is -2.57. The second-order valence-electron chi connectivity index (χ2n) is 19.4. The second-order valence-corrected chi connectivity index (χ2v) is 19.4. The van der Waals surface area contributed by atoms with Crippen LogP contribution in [0, 0.1) is 51.2 Å². The maximum absolute atomic E-state index is 14.9. The van der Waals surface area contributed by atoms with E-state index in [4.69, 9.17) is 5.73 Å². The minimum Gasteiger partial charge on any atom is -0.363 e. The Kier molecular flexibility index (Phi) is 11.1. The van der Waals surface area contributed by atoms with Gasteiger partial charge in [-0.25, -0.2) is 0 Å². The summed E-state index contributed by atoms with van der Waals surface area (Å²) in [5, 5.41) is 3.46. The van der Waals surface area contributed by atoms with Crippen molar-refractivity contribution in [1.82, 2.24) is 15.1 Å². The number of fused-ring (bicyclic) bond motifs is 1. The fourth-order valence-corrected chi connectivity index (χ4v) is 11.0. The zero-order valence-corrected chi connectivity index (χ0v) is 32.9. The SMILES string of the molecule is CC(C)[C@H](CC(=O)C[C@H](C(=O)N1C[C@]2(C[C@H]1C(=O)CC(CC1CCC1)C(=O)C(N)=O)C(C)(C)C21CCC1)C(C)(C)C)C(=O)N1C[C@@H](C)N[C@@H](C)C1. The van der Waals surface area contributed by atoms with E-state index in [1.807, 2.05) is 39.5 Å². The first-order valence-electron chi connectivity index (χ1n) is 19.9. The number of amides is 3. The van der Waals surface area contributed by atoms with Gasteiger partial charge in [-0.1, -0.05) is 74.1 Å². The van der Waals surface area contributed by atoms with Crippen LogP contribution in [-0.4, -0.2) is 82.6 Å². The number of nitrogens with two attached hydrogens (primary N) is 1. The van der Waals surface area contributed by atoms with Crippen molar-refractivity contribution in [3.05, 3.63) is 0 Å². The largest absolute Gasteiger partial charge is 0.363 e. The molecule has 0 bridgehead atoms. The molecule has 5 aliphatic rings. The normalized spacial score (nSPS) is 30.0. The molecular formula is C41H66N4O6. The van der Waals surface area contributed by atoms with Crippen molar-refractivity contribution >= 4 is 35.1 Å². The molecule has 51 heavy (non-hydrogen) atoms. The van der Waals surface area contributed by atoms with Gasteiger partial charge < -0.3 is 20.9 Å². The van der Waals surface area contributed by atoms with Gasteiger partial charge in [-0.15, -0.1) is 0 Å². The highest BCUT2D eigenvalue weighted by Gasteiger charge is 2.85. The van der Waals surface area contributed by atoms with Gasteiger partial charge in [-0.05, 0) is 67.6 Å². The lowest BCUT2D eigenvalue weighted by atomic mass is 9.73. The van der Waals surface area contributed by atoms with Crippen LogP contribution >= 0.6 is 0 Å². The van der Waals surface area contributed by atoms with Crippen molar-refractivity contribution < 1.29 is 28.8 Å². The molecule has 2 spiro atoms. The first-order valence-corrected chi connectivity index (χ1v) is 19.9. The van der Waals surface area contributed by atoms with Crippen LogP contribution in [0.1, 0.15) is 133 Å². The van der Waals surface area contributed by atoms with Gasteiger partial charge in [-0.2, -0.15) is 0 Å². The number of carbonyl (C=O) groups is 6. The molecule has 10 heteroatoms. The van der Waals surface area contributed by atoms with Crippen LogP contribution in [0.3, 0.4) is 0 Å². The average Bonchev–Trinajstić information content (AvgIpc) is 3.20. The number of ketones is 3. The van der Waals surface area contributed by atoms with Crippen molar-refractivity contribution in [2.45, 2.75) is 151 Å². The fraction of sp³-hybridized carbons (Fsp3) is 0.854. The summed E-state index contributed by atoms with van der Waals surface area (Å²) in [6.07, 6.45) is 7.29. The topological polar surface area (TPSA) is 147 Å². The summed E-state index contributed by atoms with van der Waals surface area (Å²) in [4.78, 5) is 85.8. The number of nitrogens with one attached hydrogen (secondary N) is 1. The Morgan fingerprint density at radius 2 is 1.47 bits per heavy atom. The molecule has 3 saturated carbocycles. The highest BCUT2D eigenvalue weighted by molar-refractivity contribution is 6.36. The number of likely N-dealkylation sites (tertiary alicyclic amines) is 1. The van der Waals surface area contributed by atoms with E-state index in [2.05, 4.69) is 33.0 Å². The van der Waals surface area contributed by atoms with Gasteiger partial charge in [0, 0.05) is 74.1 Å². The van der Waals surface area contributed by atoms with Gasteiger partial charge >= 0.3 is 0 Å². The molecular weight excluding hydrogens is 644 g/mol. The van der Waals surface area contributed by atoms with Crippen LogP contribution in [0.2, 0.25) is 0 Å².